The number of carbonyl (C=O) groups excluding carboxylic acids is 1. The molecule has 134 valence electrons. The zero-order chi connectivity index (χ0) is 18.8. The third-order valence-corrected chi connectivity index (χ3v) is 5.81. The average Bonchev–Trinajstić information content (AvgIpc) is 2.55. The summed E-state index contributed by atoms with van der Waals surface area (Å²) in [5.41, 5.74) is 2.56. The summed E-state index contributed by atoms with van der Waals surface area (Å²) < 4.78 is 25.9. The Balaban J connectivity index is 2.28. The highest BCUT2D eigenvalue weighted by molar-refractivity contribution is 7.89. The number of hydrogen-bond acceptors (Lipinski definition) is 4. The lowest BCUT2D eigenvalue weighted by Gasteiger charge is -2.15. The summed E-state index contributed by atoms with van der Waals surface area (Å²) in [6.07, 6.45) is 0. The van der Waals surface area contributed by atoms with Crippen molar-refractivity contribution < 1.29 is 13.2 Å². The summed E-state index contributed by atoms with van der Waals surface area (Å²) in [4.78, 5) is 14.6. The molecule has 1 N–H and O–H groups in total. The third-order valence-electron chi connectivity index (χ3n) is 3.85. The van der Waals surface area contributed by atoms with Gasteiger partial charge in [0.1, 0.15) is 0 Å². The van der Waals surface area contributed by atoms with Gasteiger partial charge in [0.05, 0.1) is 4.90 Å². The molecule has 2 aromatic carbocycles. The van der Waals surface area contributed by atoms with E-state index in [1.165, 1.54) is 20.2 Å². The van der Waals surface area contributed by atoms with Crippen LogP contribution in [0.25, 0.3) is 0 Å². The lowest BCUT2D eigenvalue weighted by Crippen LogP contribution is -2.23. The van der Waals surface area contributed by atoms with Crippen molar-refractivity contribution in [3.8, 4) is 0 Å². The van der Waals surface area contributed by atoms with Gasteiger partial charge < -0.3 is 10.2 Å². The Morgan fingerprint density at radius 1 is 0.960 bits per heavy atom. The van der Waals surface area contributed by atoms with Gasteiger partial charge in [0.25, 0.3) is 5.91 Å². The normalized spacial score (nSPS) is 11.4. The number of amides is 1. The molecule has 0 bridgehead atoms. The van der Waals surface area contributed by atoms with Gasteiger partial charge in [-0.05, 0) is 48.9 Å². The van der Waals surface area contributed by atoms with Crippen molar-refractivity contribution in [3.05, 3.63) is 53.6 Å². The van der Waals surface area contributed by atoms with Gasteiger partial charge in [-0.15, -0.1) is 0 Å². The van der Waals surface area contributed by atoms with E-state index in [2.05, 4.69) is 5.32 Å². The standard InChI is InChI=1S/C18H23N3O3S/c1-13-6-7-14(12-17(13)25(23,24)21(4)5)18(22)19-15-8-10-16(11-9-15)20(2)3/h6-12H,1-5H3,(H,19,22). The van der Waals surface area contributed by atoms with E-state index in [1.54, 1.807) is 31.2 Å². The van der Waals surface area contributed by atoms with Crippen molar-refractivity contribution in [2.75, 3.05) is 38.4 Å². The summed E-state index contributed by atoms with van der Waals surface area (Å²) >= 11 is 0. The number of nitrogens with one attached hydrogen (secondary N) is 1. The fourth-order valence-corrected chi connectivity index (χ4v) is 3.41. The van der Waals surface area contributed by atoms with E-state index in [0.717, 1.165) is 9.99 Å². The van der Waals surface area contributed by atoms with Crippen molar-refractivity contribution in [1.29, 1.82) is 0 Å². The van der Waals surface area contributed by atoms with Crippen LogP contribution >= 0.6 is 0 Å². The molecule has 1 amide bonds. The van der Waals surface area contributed by atoms with Gasteiger partial charge in [0.15, 0.2) is 0 Å². The summed E-state index contributed by atoms with van der Waals surface area (Å²) in [6.45, 7) is 1.71. The van der Waals surface area contributed by atoms with Crippen LogP contribution in [0.2, 0.25) is 0 Å². The van der Waals surface area contributed by atoms with E-state index < -0.39 is 10.0 Å². The van der Waals surface area contributed by atoms with Crippen LogP contribution < -0.4 is 10.2 Å². The molecule has 0 unspecified atom stereocenters. The summed E-state index contributed by atoms with van der Waals surface area (Å²) in [7, 11) is 3.20. The molecule has 2 aromatic rings. The van der Waals surface area contributed by atoms with Crippen LogP contribution in [0.3, 0.4) is 0 Å². The first-order valence-electron chi connectivity index (χ1n) is 7.75. The molecule has 0 fully saturated rings. The lowest BCUT2D eigenvalue weighted by atomic mass is 10.1. The van der Waals surface area contributed by atoms with Crippen LogP contribution in [0.4, 0.5) is 11.4 Å². The number of benzene rings is 2. The molecular weight excluding hydrogens is 338 g/mol. The van der Waals surface area contributed by atoms with E-state index in [9.17, 15) is 13.2 Å². The van der Waals surface area contributed by atoms with Crippen LogP contribution in [-0.2, 0) is 10.0 Å². The molecule has 0 aliphatic carbocycles. The quantitative estimate of drug-likeness (QED) is 0.889. The minimum absolute atomic E-state index is 0.133. The Kier molecular flexibility index (Phi) is 5.49. The molecule has 6 nitrogen and oxygen atoms in total. The number of hydrogen-bond donors (Lipinski definition) is 1. The average molecular weight is 361 g/mol. The van der Waals surface area contributed by atoms with Gasteiger partial charge in [-0.2, -0.15) is 0 Å². The molecule has 0 heterocycles. The second-order valence-electron chi connectivity index (χ2n) is 6.16. The number of carbonyl (C=O) groups is 1. The Labute approximate surface area is 149 Å². The Bertz CT molecular complexity index is 873. The lowest BCUT2D eigenvalue weighted by molar-refractivity contribution is 0.102. The highest BCUT2D eigenvalue weighted by atomic mass is 32.2. The van der Waals surface area contributed by atoms with Crippen molar-refractivity contribution in [2.45, 2.75) is 11.8 Å². The Morgan fingerprint density at radius 2 is 1.56 bits per heavy atom. The first kappa shape index (κ1) is 19.0. The Hall–Kier alpha value is -2.38. The summed E-state index contributed by atoms with van der Waals surface area (Å²) in [5, 5.41) is 2.79. The smallest absolute Gasteiger partial charge is 0.255 e. The van der Waals surface area contributed by atoms with Crippen molar-refractivity contribution in [1.82, 2.24) is 4.31 Å². The van der Waals surface area contributed by atoms with Gasteiger partial charge in [0, 0.05) is 45.1 Å². The third kappa shape index (κ3) is 4.18. The number of aryl methyl sites for hydroxylation is 1. The number of nitrogens with zero attached hydrogens (tertiary/aromatic N) is 2. The number of rotatable bonds is 5. The fourth-order valence-electron chi connectivity index (χ4n) is 2.26. The van der Waals surface area contributed by atoms with Gasteiger partial charge in [-0.1, -0.05) is 6.07 Å². The molecule has 0 saturated heterocycles. The summed E-state index contributed by atoms with van der Waals surface area (Å²) in [6, 6.07) is 12.1. The number of sulfonamides is 1. The SMILES string of the molecule is Cc1ccc(C(=O)Nc2ccc(N(C)C)cc2)cc1S(=O)(=O)N(C)C. The fraction of sp³-hybridized carbons (Fsp3) is 0.278. The molecule has 0 spiro atoms. The van der Waals surface area contributed by atoms with Crippen LogP contribution in [0, 0.1) is 6.92 Å². The zero-order valence-corrected chi connectivity index (χ0v) is 15.9. The molecule has 0 aliphatic rings. The van der Waals surface area contributed by atoms with Crippen molar-refractivity contribution >= 4 is 27.3 Å². The highest BCUT2D eigenvalue weighted by Crippen LogP contribution is 2.21. The first-order chi connectivity index (χ1) is 11.6. The largest absolute Gasteiger partial charge is 0.378 e. The predicted molar refractivity (Wildman–Crippen MR) is 101 cm³/mol. The number of anilines is 2. The monoisotopic (exact) mass is 361 g/mol. The molecular formula is C18H23N3O3S. The second-order valence-corrected chi connectivity index (χ2v) is 8.28. The van der Waals surface area contributed by atoms with E-state index in [0.29, 0.717) is 16.8 Å². The minimum Gasteiger partial charge on any atom is -0.378 e. The van der Waals surface area contributed by atoms with Crippen LogP contribution in [0.1, 0.15) is 15.9 Å². The van der Waals surface area contributed by atoms with E-state index >= 15 is 0 Å². The molecule has 25 heavy (non-hydrogen) atoms. The second kappa shape index (κ2) is 7.25. The van der Waals surface area contributed by atoms with Crippen LogP contribution in [0.5, 0.6) is 0 Å². The maximum absolute atomic E-state index is 12.5. The van der Waals surface area contributed by atoms with Crippen LogP contribution in [0.15, 0.2) is 47.4 Å². The minimum atomic E-state index is -3.60. The topological polar surface area (TPSA) is 69.7 Å². The molecule has 2 rings (SSSR count). The Morgan fingerprint density at radius 3 is 2.08 bits per heavy atom. The van der Waals surface area contributed by atoms with E-state index in [1.807, 2.05) is 31.1 Å². The molecule has 0 radical (unpaired) electrons. The van der Waals surface area contributed by atoms with Crippen LogP contribution in [-0.4, -0.2) is 46.8 Å². The van der Waals surface area contributed by atoms with Crippen molar-refractivity contribution in [2.24, 2.45) is 0 Å². The molecule has 7 heteroatoms. The summed E-state index contributed by atoms with van der Waals surface area (Å²) in [5.74, 6) is -0.354. The molecule has 0 aliphatic heterocycles. The van der Waals surface area contributed by atoms with Gasteiger partial charge in [-0.3, -0.25) is 4.79 Å². The molecule has 0 atom stereocenters. The maximum atomic E-state index is 12.5. The predicted octanol–water partition coefficient (Wildman–Crippen LogP) is 2.56. The van der Waals surface area contributed by atoms with Gasteiger partial charge in [0.2, 0.25) is 10.0 Å². The maximum Gasteiger partial charge on any atom is 0.255 e. The van der Waals surface area contributed by atoms with Gasteiger partial charge >= 0.3 is 0 Å². The molecule has 0 aromatic heterocycles. The molecule has 0 saturated carbocycles. The van der Waals surface area contributed by atoms with E-state index in [4.69, 9.17) is 0 Å². The first-order valence-corrected chi connectivity index (χ1v) is 9.19. The van der Waals surface area contributed by atoms with Crippen molar-refractivity contribution in [3.63, 3.8) is 0 Å². The van der Waals surface area contributed by atoms with Gasteiger partial charge in [-0.25, -0.2) is 12.7 Å². The highest BCUT2D eigenvalue weighted by Gasteiger charge is 2.21. The van der Waals surface area contributed by atoms with E-state index in [-0.39, 0.29) is 10.8 Å². The zero-order valence-electron chi connectivity index (χ0n) is 15.1.